The summed E-state index contributed by atoms with van der Waals surface area (Å²) in [7, 11) is 0. The van der Waals surface area contributed by atoms with Gasteiger partial charge in [0.2, 0.25) is 0 Å². The Morgan fingerprint density at radius 2 is 1.71 bits per heavy atom. The van der Waals surface area contributed by atoms with Crippen LogP contribution < -0.4 is 5.32 Å². The molecule has 2 saturated carbocycles. The summed E-state index contributed by atoms with van der Waals surface area (Å²) in [5, 5.41) is 3.67. The lowest BCUT2D eigenvalue weighted by molar-refractivity contribution is 0.155. The molecule has 0 amide bonds. The lowest BCUT2D eigenvalue weighted by Crippen LogP contribution is -2.36. The lowest BCUT2D eigenvalue weighted by atomic mass is 9.93. The van der Waals surface area contributed by atoms with Crippen LogP contribution in [-0.2, 0) is 13.1 Å². The first-order chi connectivity index (χ1) is 10.4. The first-order valence-electron chi connectivity index (χ1n) is 8.91. The van der Waals surface area contributed by atoms with E-state index in [0.29, 0.717) is 0 Å². The van der Waals surface area contributed by atoms with Crippen molar-refractivity contribution in [2.75, 3.05) is 6.54 Å². The molecule has 2 aliphatic rings. The molecule has 1 aromatic carbocycles. The molecule has 0 unspecified atom stereocenters. The summed E-state index contributed by atoms with van der Waals surface area (Å²) >= 11 is 0. The highest BCUT2D eigenvalue weighted by molar-refractivity contribution is 5.27. The first-order valence-corrected chi connectivity index (χ1v) is 8.91. The third-order valence-corrected chi connectivity index (χ3v) is 5.15. The molecule has 3 rings (SSSR count). The summed E-state index contributed by atoms with van der Waals surface area (Å²) in [6, 6.07) is 10.6. The van der Waals surface area contributed by atoms with Crippen molar-refractivity contribution in [2.45, 2.75) is 77.0 Å². The van der Waals surface area contributed by atoms with Crippen LogP contribution in [-0.4, -0.2) is 23.5 Å². The number of rotatable bonds is 7. The fraction of sp³-hybridized carbons (Fsp3) is 0.684. The Kier molecular flexibility index (Phi) is 5.32. The highest BCUT2D eigenvalue weighted by Gasteiger charge is 2.22. The highest BCUT2D eigenvalue weighted by Crippen LogP contribution is 2.25. The Hall–Kier alpha value is -0.860. The van der Waals surface area contributed by atoms with Gasteiger partial charge in [-0.15, -0.1) is 0 Å². The largest absolute Gasteiger partial charge is 0.310 e. The van der Waals surface area contributed by atoms with Gasteiger partial charge in [-0.3, -0.25) is 4.90 Å². The van der Waals surface area contributed by atoms with Gasteiger partial charge in [-0.05, 0) is 43.4 Å². The summed E-state index contributed by atoms with van der Waals surface area (Å²) in [5.41, 5.74) is 3.02. The molecule has 2 nitrogen and oxygen atoms in total. The molecule has 0 heterocycles. The number of nitrogens with one attached hydrogen (secondary N) is 1. The average molecular weight is 286 g/mol. The fourth-order valence-electron chi connectivity index (χ4n) is 3.59. The van der Waals surface area contributed by atoms with Crippen LogP contribution >= 0.6 is 0 Å². The molecule has 2 heteroatoms. The molecular weight excluding hydrogens is 256 g/mol. The van der Waals surface area contributed by atoms with Crippen LogP contribution in [0.15, 0.2) is 24.3 Å². The van der Waals surface area contributed by atoms with Gasteiger partial charge in [-0.2, -0.15) is 0 Å². The van der Waals surface area contributed by atoms with Crippen LogP contribution in [0.5, 0.6) is 0 Å². The van der Waals surface area contributed by atoms with Gasteiger partial charge in [0.25, 0.3) is 0 Å². The number of hydrogen-bond donors (Lipinski definition) is 1. The zero-order valence-corrected chi connectivity index (χ0v) is 13.5. The molecule has 2 fully saturated rings. The Morgan fingerprint density at radius 3 is 2.38 bits per heavy atom. The molecule has 0 aromatic heterocycles. The van der Waals surface area contributed by atoms with E-state index in [1.165, 1.54) is 62.6 Å². The second-order valence-corrected chi connectivity index (χ2v) is 6.78. The zero-order chi connectivity index (χ0) is 14.5. The minimum Gasteiger partial charge on any atom is -0.310 e. The van der Waals surface area contributed by atoms with Gasteiger partial charge in [-0.25, -0.2) is 0 Å². The minimum absolute atomic E-state index is 0.790. The van der Waals surface area contributed by atoms with E-state index in [9.17, 15) is 0 Å². The van der Waals surface area contributed by atoms with Crippen LogP contribution in [0, 0.1) is 0 Å². The molecule has 116 valence electrons. The zero-order valence-electron chi connectivity index (χ0n) is 13.5. The van der Waals surface area contributed by atoms with Gasteiger partial charge < -0.3 is 5.32 Å². The molecule has 2 aliphatic carbocycles. The Labute approximate surface area is 129 Å². The maximum atomic E-state index is 3.67. The third-order valence-electron chi connectivity index (χ3n) is 5.15. The fourth-order valence-corrected chi connectivity index (χ4v) is 3.59. The first kappa shape index (κ1) is 15.1. The van der Waals surface area contributed by atoms with Crippen LogP contribution in [0.25, 0.3) is 0 Å². The SMILES string of the molecule is CCN(Cc1ccccc1CNC1CC1)C1CCCCC1. The van der Waals surface area contributed by atoms with Crippen LogP contribution in [0.4, 0.5) is 0 Å². The summed E-state index contributed by atoms with van der Waals surface area (Å²) < 4.78 is 0. The van der Waals surface area contributed by atoms with Crippen LogP contribution in [0.3, 0.4) is 0 Å². The number of hydrogen-bond acceptors (Lipinski definition) is 2. The monoisotopic (exact) mass is 286 g/mol. The summed E-state index contributed by atoms with van der Waals surface area (Å²) in [5.74, 6) is 0. The van der Waals surface area contributed by atoms with Crippen LogP contribution in [0.1, 0.15) is 63.0 Å². The molecule has 0 aliphatic heterocycles. The summed E-state index contributed by atoms with van der Waals surface area (Å²) in [4.78, 5) is 2.70. The quantitative estimate of drug-likeness (QED) is 0.812. The van der Waals surface area contributed by atoms with E-state index in [1.807, 2.05) is 0 Å². The van der Waals surface area contributed by atoms with Crippen molar-refractivity contribution in [3.63, 3.8) is 0 Å². The van der Waals surface area contributed by atoms with Crippen molar-refractivity contribution in [3.8, 4) is 0 Å². The van der Waals surface area contributed by atoms with Gasteiger partial charge >= 0.3 is 0 Å². The Balaban J connectivity index is 1.63. The third kappa shape index (κ3) is 4.31. The number of nitrogens with zero attached hydrogens (tertiary/aromatic N) is 1. The van der Waals surface area contributed by atoms with Crippen molar-refractivity contribution < 1.29 is 0 Å². The van der Waals surface area contributed by atoms with E-state index in [0.717, 1.165) is 25.2 Å². The molecule has 21 heavy (non-hydrogen) atoms. The Morgan fingerprint density at radius 1 is 1.00 bits per heavy atom. The molecule has 0 atom stereocenters. The summed E-state index contributed by atoms with van der Waals surface area (Å²) in [6.07, 6.45) is 9.82. The topological polar surface area (TPSA) is 15.3 Å². The minimum atomic E-state index is 0.790. The lowest BCUT2D eigenvalue weighted by Gasteiger charge is -2.34. The van der Waals surface area contributed by atoms with Crippen molar-refractivity contribution in [1.29, 1.82) is 0 Å². The molecular formula is C19H30N2. The van der Waals surface area contributed by atoms with Crippen molar-refractivity contribution in [1.82, 2.24) is 10.2 Å². The molecule has 0 saturated heterocycles. The predicted octanol–water partition coefficient (Wildman–Crippen LogP) is 4.09. The van der Waals surface area contributed by atoms with Crippen molar-refractivity contribution in [2.24, 2.45) is 0 Å². The molecule has 0 radical (unpaired) electrons. The maximum Gasteiger partial charge on any atom is 0.0239 e. The smallest absolute Gasteiger partial charge is 0.0239 e. The average Bonchev–Trinajstić information content (AvgIpc) is 3.36. The van der Waals surface area contributed by atoms with Gasteiger partial charge in [0, 0.05) is 25.2 Å². The van der Waals surface area contributed by atoms with Crippen molar-refractivity contribution in [3.05, 3.63) is 35.4 Å². The van der Waals surface area contributed by atoms with E-state index in [1.54, 1.807) is 0 Å². The number of benzene rings is 1. The normalized spacial score (nSPS) is 20.1. The second kappa shape index (κ2) is 7.42. The highest BCUT2D eigenvalue weighted by atomic mass is 15.1. The van der Waals surface area contributed by atoms with E-state index >= 15 is 0 Å². The van der Waals surface area contributed by atoms with Crippen molar-refractivity contribution >= 4 is 0 Å². The molecule has 0 spiro atoms. The van der Waals surface area contributed by atoms with E-state index < -0.39 is 0 Å². The maximum absolute atomic E-state index is 3.67. The molecule has 1 aromatic rings. The second-order valence-electron chi connectivity index (χ2n) is 6.78. The van der Waals surface area contributed by atoms with Crippen LogP contribution in [0.2, 0.25) is 0 Å². The van der Waals surface area contributed by atoms with Gasteiger partial charge in [0.05, 0.1) is 0 Å². The van der Waals surface area contributed by atoms with Gasteiger partial charge in [0.1, 0.15) is 0 Å². The van der Waals surface area contributed by atoms with E-state index in [4.69, 9.17) is 0 Å². The molecule has 0 bridgehead atoms. The van der Waals surface area contributed by atoms with E-state index in [-0.39, 0.29) is 0 Å². The Bertz CT molecular complexity index is 433. The predicted molar refractivity (Wildman–Crippen MR) is 89.3 cm³/mol. The van der Waals surface area contributed by atoms with Gasteiger partial charge in [-0.1, -0.05) is 50.5 Å². The summed E-state index contributed by atoms with van der Waals surface area (Å²) in [6.45, 7) is 5.67. The standard InChI is InChI=1S/C19H30N2/c1-2-21(19-10-4-3-5-11-19)15-17-9-7-6-8-16(17)14-20-18-12-13-18/h6-9,18-20H,2-5,10-15H2,1H3. The molecule has 1 N–H and O–H groups in total. The van der Waals surface area contributed by atoms with Gasteiger partial charge in [0.15, 0.2) is 0 Å². The van der Waals surface area contributed by atoms with E-state index in [2.05, 4.69) is 41.4 Å².